The van der Waals surface area contributed by atoms with Crippen molar-refractivity contribution >= 4 is 29.0 Å². The first-order chi connectivity index (χ1) is 9.61. The smallest absolute Gasteiger partial charge is 0.271 e. The van der Waals surface area contributed by atoms with Crippen LogP contribution in [0.4, 0.5) is 5.82 Å². The molecule has 7 nitrogen and oxygen atoms in total. The van der Waals surface area contributed by atoms with E-state index < -0.39 is 5.91 Å². The molecule has 0 unspecified atom stereocenters. The molecule has 0 aliphatic heterocycles. The van der Waals surface area contributed by atoms with E-state index in [1.165, 1.54) is 22.1 Å². The van der Waals surface area contributed by atoms with E-state index in [1.54, 1.807) is 19.2 Å². The minimum Gasteiger partial charge on any atom is -0.395 e. The van der Waals surface area contributed by atoms with E-state index in [9.17, 15) is 9.59 Å². The molecule has 0 saturated heterocycles. The fraction of sp³-hybridized carbons (Fsp3) is 0.250. The molecule has 2 aromatic rings. The molecule has 3 N–H and O–H groups in total. The van der Waals surface area contributed by atoms with E-state index in [0.29, 0.717) is 10.7 Å². The summed E-state index contributed by atoms with van der Waals surface area (Å²) < 4.78 is 1.42. The van der Waals surface area contributed by atoms with Crippen LogP contribution < -0.4 is 10.6 Å². The zero-order chi connectivity index (χ0) is 14.5. The summed E-state index contributed by atoms with van der Waals surface area (Å²) in [5.41, 5.74) is 0.183. The van der Waals surface area contributed by atoms with E-state index >= 15 is 0 Å². The third kappa shape index (κ3) is 3.22. The Hall–Kier alpha value is -2.19. The van der Waals surface area contributed by atoms with Gasteiger partial charge in [-0.05, 0) is 11.4 Å². The number of aromatic nitrogens is 2. The second kappa shape index (κ2) is 6.31. The monoisotopic (exact) mass is 294 g/mol. The minimum absolute atomic E-state index is 0.138. The number of nitrogens with zero attached hydrogens (tertiary/aromatic N) is 2. The fourth-order valence-corrected chi connectivity index (χ4v) is 2.16. The summed E-state index contributed by atoms with van der Waals surface area (Å²) in [5, 5.41) is 19.7. The van der Waals surface area contributed by atoms with Gasteiger partial charge in [0.15, 0.2) is 5.69 Å². The van der Waals surface area contributed by atoms with Crippen LogP contribution in [0.2, 0.25) is 0 Å². The quantitative estimate of drug-likeness (QED) is 0.746. The molecule has 0 aliphatic rings. The van der Waals surface area contributed by atoms with Crippen LogP contribution in [0.3, 0.4) is 0 Å². The van der Waals surface area contributed by atoms with Crippen molar-refractivity contribution in [3.63, 3.8) is 0 Å². The molecule has 2 heterocycles. The van der Waals surface area contributed by atoms with Gasteiger partial charge in [0.1, 0.15) is 5.82 Å². The normalized spacial score (nSPS) is 10.3. The summed E-state index contributed by atoms with van der Waals surface area (Å²) in [5.74, 6) is -0.214. The van der Waals surface area contributed by atoms with Gasteiger partial charge in [-0.3, -0.25) is 14.3 Å². The topological polar surface area (TPSA) is 96.2 Å². The lowest BCUT2D eigenvalue weighted by atomic mass is 10.4. The van der Waals surface area contributed by atoms with E-state index in [2.05, 4.69) is 15.7 Å². The number of thiophene rings is 1. The summed E-state index contributed by atoms with van der Waals surface area (Å²) in [7, 11) is 1.63. The van der Waals surface area contributed by atoms with Gasteiger partial charge in [-0.1, -0.05) is 6.07 Å². The van der Waals surface area contributed by atoms with E-state index in [4.69, 9.17) is 5.11 Å². The first-order valence-electron chi connectivity index (χ1n) is 5.89. The molecule has 20 heavy (non-hydrogen) atoms. The van der Waals surface area contributed by atoms with Gasteiger partial charge in [0.05, 0.1) is 11.5 Å². The maximum atomic E-state index is 11.9. The van der Waals surface area contributed by atoms with Crippen LogP contribution in [0.5, 0.6) is 0 Å². The zero-order valence-corrected chi connectivity index (χ0v) is 11.6. The molecule has 2 amide bonds. The highest BCUT2D eigenvalue weighted by Crippen LogP contribution is 2.14. The predicted molar refractivity (Wildman–Crippen MR) is 74.9 cm³/mol. The Morgan fingerprint density at radius 3 is 2.90 bits per heavy atom. The third-order valence-corrected chi connectivity index (χ3v) is 3.37. The van der Waals surface area contributed by atoms with E-state index in [-0.39, 0.29) is 24.8 Å². The van der Waals surface area contributed by atoms with Gasteiger partial charge in [0, 0.05) is 19.7 Å². The van der Waals surface area contributed by atoms with E-state index in [1.807, 2.05) is 5.38 Å². The first kappa shape index (κ1) is 14.2. The number of hydrogen-bond acceptors (Lipinski definition) is 5. The number of nitrogens with one attached hydrogen (secondary N) is 2. The summed E-state index contributed by atoms with van der Waals surface area (Å²) >= 11 is 1.33. The van der Waals surface area contributed by atoms with Gasteiger partial charge in [0.25, 0.3) is 11.8 Å². The van der Waals surface area contributed by atoms with Crippen LogP contribution in [0.25, 0.3) is 0 Å². The van der Waals surface area contributed by atoms with Crippen molar-refractivity contribution in [2.75, 3.05) is 18.5 Å². The molecular formula is C12H14N4O3S. The molecule has 106 valence electrons. The number of aliphatic hydroxyl groups excluding tert-OH is 1. The zero-order valence-electron chi connectivity index (χ0n) is 10.8. The molecule has 0 aliphatic carbocycles. The molecule has 0 aromatic carbocycles. The number of rotatable bonds is 5. The Labute approximate surface area is 119 Å². The van der Waals surface area contributed by atoms with Crippen LogP contribution in [-0.2, 0) is 7.05 Å². The Morgan fingerprint density at radius 2 is 2.25 bits per heavy atom. The number of hydrogen-bond donors (Lipinski definition) is 3. The van der Waals surface area contributed by atoms with Crippen LogP contribution in [0.1, 0.15) is 20.2 Å². The third-order valence-electron chi connectivity index (χ3n) is 2.50. The summed E-state index contributed by atoms with van der Waals surface area (Å²) in [6, 6.07) is 4.99. The van der Waals surface area contributed by atoms with Gasteiger partial charge >= 0.3 is 0 Å². The average Bonchev–Trinajstić information content (AvgIpc) is 3.06. The largest absolute Gasteiger partial charge is 0.395 e. The predicted octanol–water partition coefficient (Wildman–Crippen LogP) is 0.456. The lowest BCUT2D eigenvalue weighted by Crippen LogP contribution is -2.26. The van der Waals surface area contributed by atoms with Crippen molar-refractivity contribution in [1.82, 2.24) is 15.1 Å². The minimum atomic E-state index is -0.397. The Kier molecular flexibility index (Phi) is 4.49. The van der Waals surface area contributed by atoms with Crippen LogP contribution in [0.15, 0.2) is 23.6 Å². The molecular weight excluding hydrogens is 280 g/mol. The summed E-state index contributed by atoms with van der Waals surface area (Å²) in [4.78, 5) is 24.2. The lowest BCUT2D eigenvalue weighted by Gasteiger charge is -2.02. The van der Waals surface area contributed by atoms with Gasteiger partial charge < -0.3 is 15.7 Å². The molecule has 8 heteroatoms. The molecule has 2 rings (SSSR count). The van der Waals surface area contributed by atoms with Crippen molar-refractivity contribution in [3.05, 3.63) is 34.2 Å². The number of aryl methyl sites for hydroxylation is 1. The molecule has 2 aromatic heterocycles. The van der Waals surface area contributed by atoms with Crippen LogP contribution in [0, 0.1) is 0 Å². The molecule has 0 radical (unpaired) electrons. The highest BCUT2D eigenvalue weighted by Gasteiger charge is 2.15. The van der Waals surface area contributed by atoms with Gasteiger partial charge in [-0.25, -0.2) is 0 Å². The SMILES string of the molecule is Cn1nc(C(=O)NCCO)cc1NC(=O)c1cccs1. The molecule has 0 spiro atoms. The highest BCUT2D eigenvalue weighted by molar-refractivity contribution is 7.12. The van der Waals surface area contributed by atoms with Crippen molar-refractivity contribution in [2.24, 2.45) is 7.05 Å². The maximum Gasteiger partial charge on any atom is 0.271 e. The fourth-order valence-electron chi connectivity index (χ4n) is 1.54. The molecule has 0 fully saturated rings. The standard InChI is InChI=1S/C12H14N4O3S/c1-16-10(14-12(19)9-3-2-6-20-9)7-8(15-16)11(18)13-4-5-17/h2-3,6-7,17H,4-5H2,1H3,(H,13,18)(H,14,19). The average molecular weight is 294 g/mol. The second-order valence-electron chi connectivity index (χ2n) is 3.95. The summed E-state index contributed by atoms with van der Waals surface area (Å²) in [6.07, 6.45) is 0. The highest BCUT2D eigenvalue weighted by atomic mass is 32.1. The Bertz CT molecular complexity index is 606. The molecule has 0 atom stereocenters. The van der Waals surface area contributed by atoms with Crippen molar-refractivity contribution in [3.8, 4) is 0 Å². The Morgan fingerprint density at radius 1 is 1.45 bits per heavy atom. The van der Waals surface area contributed by atoms with Crippen molar-refractivity contribution in [1.29, 1.82) is 0 Å². The lowest BCUT2D eigenvalue weighted by molar-refractivity contribution is 0.0938. The van der Waals surface area contributed by atoms with Gasteiger partial charge in [0.2, 0.25) is 0 Å². The number of anilines is 1. The number of carbonyl (C=O) groups is 2. The van der Waals surface area contributed by atoms with Gasteiger partial charge in [-0.15, -0.1) is 11.3 Å². The van der Waals surface area contributed by atoms with Crippen molar-refractivity contribution < 1.29 is 14.7 Å². The Balaban J connectivity index is 2.08. The van der Waals surface area contributed by atoms with Crippen LogP contribution >= 0.6 is 11.3 Å². The number of amides is 2. The number of aliphatic hydroxyl groups is 1. The van der Waals surface area contributed by atoms with Crippen molar-refractivity contribution in [2.45, 2.75) is 0 Å². The van der Waals surface area contributed by atoms with Gasteiger partial charge in [-0.2, -0.15) is 5.10 Å². The number of carbonyl (C=O) groups excluding carboxylic acids is 2. The molecule has 0 saturated carbocycles. The summed E-state index contributed by atoms with van der Waals surface area (Å²) in [6.45, 7) is 0.0207. The first-order valence-corrected chi connectivity index (χ1v) is 6.77. The maximum absolute atomic E-state index is 11.9. The van der Waals surface area contributed by atoms with Crippen LogP contribution in [-0.4, -0.2) is 39.9 Å². The molecule has 0 bridgehead atoms. The second-order valence-corrected chi connectivity index (χ2v) is 4.90. The van der Waals surface area contributed by atoms with E-state index in [0.717, 1.165) is 0 Å².